The molecule has 0 radical (unpaired) electrons. The van der Waals surface area contributed by atoms with Gasteiger partial charge in [-0.2, -0.15) is 0 Å². The first kappa shape index (κ1) is 22.2. The fourth-order valence-corrected chi connectivity index (χ4v) is 4.01. The molecule has 0 aliphatic rings. The minimum Gasteiger partial charge on any atom is -0.542 e. The number of aliphatic hydroxyl groups excluding tert-OH is 1. The lowest BCUT2D eigenvalue weighted by molar-refractivity contribution is 0.0599. The van der Waals surface area contributed by atoms with Crippen molar-refractivity contribution in [2.75, 3.05) is 13.7 Å². The highest BCUT2D eigenvalue weighted by molar-refractivity contribution is 6.74. The number of ether oxygens (including phenoxy) is 1. The van der Waals surface area contributed by atoms with E-state index in [2.05, 4.69) is 38.4 Å². The first-order chi connectivity index (χ1) is 13.0. The molecule has 0 bridgehead atoms. The molecule has 0 fully saturated rings. The van der Waals surface area contributed by atoms with Crippen molar-refractivity contribution in [1.29, 1.82) is 0 Å². The minimum atomic E-state index is -2.18. The Morgan fingerprint density at radius 1 is 1.18 bits per heavy atom. The van der Waals surface area contributed by atoms with Gasteiger partial charge < -0.3 is 18.8 Å². The Morgan fingerprint density at radius 2 is 1.79 bits per heavy atom. The van der Waals surface area contributed by atoms with Gasteiger partial charge >= 0.3 is 5.97 Å². The largest absolute Gasteiger partial charge is 0.542 e. The van der Waals surface area contributed by atoms with E-state index < -0.39 is 14.3 Å². The molecular weight excluding hydrogens is 370 g/mol. The van der Waals surface area contributed by atoms with Crippen molar-refractivity contribution in [2.24, 2.45) is 0 Å². The average Bonchev–Trinajstić information content (AvgIpc) is 2.90. The van der Waals surface area contributed by atoms with Gasteiger partial charge in [0.15, 0.2) is 0 Å². The number of hydrogen-bond acceptors (Lipinski definition) is 4. The van der Waals surface area contributed by atoms with Crippen LogP contribution in [0, 0.1) is 6.92 Å². The average molecular weight is 404 g/mol. The predicted octanol–water partition coefficient (Wildman–Crippen LogP) is 5.02. The molecular formula is C22H33NO4Si. The summed E-state index contributed by atoms with van der Waals surface area (Å²) in [6.07, 6.45) is 0.593. The van der Waals surface area contributed by atoms with Gasteiger partial charge in [0.25, 0.3) is 8.32 Å². The summed E-state index contributed by atoms with van der Waals surface area (Å²) in [6.45, 7) is 13.5. The van der Waals surface area contributed by atoms with Crippen LogP contribution in [0.3, 0.4) is 0 Å². The van der Waals surface area contributed by atoms with Crippen LogP contribution < -0.4 is 4.43 Å². The number of carbonyl (C=O) groups is 1. The number of methoxy groups -OCH3 is 1. The molecule has 0 saturated carbocycles. The molecule has 0 unspecified atom stereocenters. The van der Waals surface area contributed by atoms with E-state index in [1.165, 1.54) is 7.11 Å². The van der Waals surface area contributed by atoms with Gasteiger partial charge in [0, 0.05) is 13.2 Å². The highest BCUT2D eigenvalue weighted by Gasteiger charge is 2.41. The van der Waals surface area contributed by atoms with Gasteiger partial charge in [-0.1, -0.05) is 51.1 Å². The van der Waals surface area contributed by atoms with Crippen LogP contribution in [-0.2, 0) is 11.3 Å². The van der Waals surface area contributed by atoms with Gasteiger partial charge in [0.1, 0.15) is 11.3 Å². The van der Waals surface area contributed by atoms with E-state index in [9.17, 15) is 9.90 Å². The summed E-state index contributed by atoms with van der Waals surface area (Å²) >= 11 is 0. The lowest BCUT2D eigenvalue weighted by Crippen LogP contribution is -2.44. The summed E-state index contributed by atoms with van der Waals surface area (Å²) in [6, 6.07) is 9.80. The van der Waals surface area contributed by atoms with Crippen LogP contribution >= 0.6 is 0 Å². The molecule has 2 aromatic rings. The third kappa shape index (κ3) is 4.33. The smallest absolute Gasteiger partial charge is 0.343 e. The van der Waals surface area contributed by atoms with Crippen molar-refractivity contribution in [3.63, 3.8) is 0 Å². The number of benzene rings is 1. The van der Waals surface area contributed by atoms with Crippen LogP contribution in [0.5, 0.6) is 5.75 Å². The zero-order chi connectivity index (χ0) is 21.1. The Morgan fingerprint density at radius 3 is 2.29 bits per heavy atom. The van der Waals surface area contributed by atoms with Gasteiger partial charge in [0.05, 0.1) is 18.5 Å². The molecule has 0 saturated heterocycles. The van der Waals surface area contributed by atoms with Crippen LogP contribution in [0.2, 0.25) is 18.1 Å². The van der Waals surface area contributed by atoms with Gasteiger partial charge in [0.2, 0.25) is 0 Å². The summed E-state index contributed by atoms with van der Waals surface area (Å²) in [5, 5.41) is 9.37. The Labute approximate surface area is 169 Å². The zero-order valence-corrected chi connectivity index (χ0v) is 19.1. The molecule has 0 spiro atoms. The summed E-state index contributed by atoms with van der Waals surface area (Å²) in [5.41, 5.74) is 3.06. The molecule has 0 atom stereocenters. The van der Waals surface area contributed by atoms with E-state index in [1.54, 1.807) is 0 Å². The minimum absolute atomic E-state index is 0.00701. The normalized spacial score (nSPS) is 12.1. The molecule has 5 nitrogen and oxygen atoms in total. The summed E-state index contributed by atoms with van der Waals surface area (Å²) in [5.74, 6) is 0.202. The molecule has 1 heterocycles. The van der Waals surface area contributed by atoms with E-state index in [1.807, 2.05) is 37.3 Å². The second-order valence-corrected chi connectivity index (χ2v) is 13.3. The van der Waals surface area contributed by atoms with Crippen LogP contribution in [0.25, 0.3) is 11.3 Å². The number of nitrogens with zero attached hydrogens (tertiary/aromatic N) is 1. The first-order valence-electron chi connectivity index (χ1n) is 9.72. The topological polar surface area (TPSA) is 60.7 Å². The molecule has 1 N–H and O–H groups in total. The molecule has 2 rings (SSSR count). The van der Waals surface area contributed by atoms with Crippen molar-refractivity contribution in [1.82, 2.24) is 4.57 Å². The Bertz CT molecular complexity index is 819. The Kier molecular flexibility index (Phi) is 6.78. The summed E-state index contributed by atoms with van der Waals surface area (Å²) in [4.78, 5) is 12.9. The quantitative estimate of drug-likeness (QED) is 0.521. The number of esters is 1. The maximum absolute atomic E-state index is 12.9. The SMILES string of the molecule is COC(=O)c1c(O[Si](C)(C)C(C)(C)C)c(C)n(CCCO)c1-c1ccccc1. The number of aliphatic hydroxyl groups is 1. The van der Waals surface area contributed by atoms with E-state index in [0.29, 0.717) is 24.3 Å². The third-order valence-electron chi connectivity index (χ3n) is 5.61. The third-order valence-corrected chi connectivity index (χ3v) is 9.93. The number of aromatic nitrogens is 1. The highest BCUT2D eigenvalue weighted by atomic mass is 28.4. The predicted molar refractivity (Wildman–Crippen MR) is 115 cm³/mol. The van der Waals surface area contributed by atoms with Crippen LogP contribution in [-0.4, -0.2) is 37.7 Å². The van der Waals surface area contributed by atoms with Crippen LogP contribution in [0.4, 0.5) is 0 Å². The fraction of sp³-hybridized carbons (Fsp3) is 0.500. The molecule has 1 aromatic carbocycles. The number of carbonyl (C=O) groups excluding carboxylic acids is 1. The summed E-state index contributed by atoms with van der Waals surface area (Å²) < 4.78 is 13.8. The second-order valence-electron chi connectivity index (χ2n) is 8.59. The summed E-state index contributed by atoms with van der Waals surface area (Å²) in [7, 11) is -0.783. The van der Waals surface area contributed by atoms with E-state index in [-0.39, 0.29) is 11.6 Å². The molecule has 0 aliphatic carbocycles. The van der Waals surface area contributed by atoms with Crippen molar-refractivity contribution >= 4 is 14.3 Å². The standard InChI is InChI=1S/C22H33NO4Si/c1-16-20(27-28(6,7)22(2,3)4)18(21(25)26-5)19(23(16)14-11-15-24)17-12-9-8-10-13-17/h8-10,12-13,24H,11,14-15H2,1-7H3. The lowest BCUT2D eigenvalue weighted by Gasteiger charge is -2.36. The van der Waals surface area contributed by atoms with Crippen LogP contribution in [0.1, 0.15) is 43.2 Å². The molecule has 0 amide bonds. The zero-order valence-electron chi connectivity index (χ0n) is 18.1. The molecule has 28 heavy (non-hydrogen) atoms. The van der Waals surface area contributed by atoms with Crippen molar-refractivity contribution in [2.45, 2.75) is 58.8 Å². The van der Waals surface area contributed by atoms with Crippen molar-refractivity contribution < 1.29 is 19.1 Å². The van der Waals surface area contributed by atoms with Gasteiger partial charge in [-0.25, -0.2) is 4.79 Å². The number of rotatable bonds is 7. The molecule has 0 aliphatic heterocycles. The van der Waals surface area contributed by atoms with E-state index in [0.717, 1.165) is 17.0 Å². The monoisotopic (exact) mass is 403 g/mol. The lowest BCUT2D eigenvalue weighted by atomic mass is 10.1. The van der Waals surface area contributed by atoms with Crippen LogP contribution in [0.15, 0.2) is 30.3 Å². The second kappa shape index (κ2) is 8.53. The Balaban J connectivity index is 2.77. The molecule has 6 heteroatoms. The number of hydrogen-bond donors (Lipinski definition) is 1. The Hall–Kier alpha value is -2.05. The van der Waals surface area contributed by atoms with Crippen molar-refractivity contribution in [3.05, 3.63) is 41.6 Å². The fourth-order valence-electron chi connectivity index (χ4n) is 2.94. The highest BCUT2D eigenvalue weighted by Crippen LogP contribution is 2.43. The first-order valence-corrected chi connectivity index (χ1v) is 12.6. The van der Waals surface area contributed by atoms with Gasteiger partial charge in [-0.3, -0.25) is 0 Å². The van der Waals surface area contributed by atoms with E-state index >= 15 is 0 Å². The van der Waals surface area contributed by atoms with Gasteiger partial charge in [-0.15, -0.1) is 0 Å². The molecule has 154 valence electrons. The maximum Gasteiger partial charge on any atom is 0.343 e. The van der Waals surface area contributed by atoms with Gasteiger partial charge in [-0.05, 0) is 37.0 Å². The van der Waals surface area contributed by atoms with Crippen molar-refractivity contribution in [3.8, 4) is 17.0 Å². The van der Waals surface area contributed by atoms with E-state index in [4.69, 9.17) is 9.16 Å². The maximum atomic E-state index is 12.9. The molecule has 1 aromatic heterocycles.